The Kier molecular flexibility index (Phi) is 4.40. The molecule has 4 heteroatoms. The number of likely N-dealkylation sites (tertiary alicyclic amines) is 1. The Morgan fingerprint density at radius 2 is 1.81 bits per heavy atom. The van der Waals surface area contributed by atoms with E-state index in [1.54, 1.807) is 0 Å². The molecule has 0 spiro atoms. The summed E-state index contributed by atoms with van der Waals surface area (Å²) in [7, 11) is 0. The molecule has 0 aliphatic carbocycles. The van der Waals surface area contributed by atoms with Crippen LogP contribution in [0.2, 0.25) is 0 Å². The van der Waals surface area contributed by atoms with Crippen molar-refractivity contribution in [2.75, 3.05) is 26.3 Å². The van der Waals surface area contributed by atoms with Gasteiger partial charge in [0.05, 0.1) is 13.2 Å². The van der Waals surface area contributed by atoms with Crippen LogP contribution in [0, 0.1) is 5.41 Å². The van der Waals surface area contributed by atoms with Gasteiger partial charge in [-0.05, 0) is 30.7 Å². The van der Waals surface area contributed by atoms with Crippen molar-refractivity contribution in [1.29, 1.82) is 0 Å². The van der Waals surface area contributed by atoms with Gasteiger partial charge in [0.25, 0.3) is 0 Å². The molecule has 1 saturated heterocycles. The van der Waals surface area contributed by atoms with Gasteiger partial charge in [0.1, 0.15) is 0 Å². The molecule has 0 radical (unpaired) electrons. The zero-order valence-electron chi connectivity index (χ0n) is 12.0. The highest BCUT2D eigenvalue weighted by Gasteiger charge is 2.37. The van der Waals surface area contributed by atoms with Crippen molar-refractivity contribution >= 4 is 11.3 Å². The van der Waals surface area contributed by atoms with E-state index in [1.807, 2.05) is 17.4 Å². The normalized spacial score (nSPS) is 18.2. The molecule has 0 atom stereocenters. The van der Waals surface area contributed by atoms with E-state index in [9.17, 15) is 10.2 Å². The number of aliphatic hydroxyl groups excluding tert-OH is 2. The molecule has 0 amide bonds. The van der Waals surface area contributed by atoms with E-state index >= 15 is 0 Å². The lowest BCUT2D eigenvalue weighted by Gasteiger charge is -2.24. The second-order valence-electron chi connectivity index (χ2n) is 5.91. The van der Waals surface area contributed by atoms with E-state index in [0.717, 1.165) is 26.1 Å². The SMILES string of the molecule is OCC1(CO)CCN(Cc2ccc(-c3ccccc3)s2)C1. The second-order valence-corrected chi connectivity index (χ2v) is 7.08. The first kappa shape index (κ1) is 14.7. The van der Waals surface area contributed by atoms with Crippen LogP contribution in [0.1, 0.15) is 11.3 Å². The molecule has 1 aliphatic rings. The van der Waals surface area contributed by atoms with Gasteiger partial charge in [-0.3, -0.25) is 4.90 Å². The third kappa shape index (κ3) is 3.19. The first-order chi connectivity index (χ1) is 10.2. The number of hydrogen-bond acceptors (Lipinski definition) is 4. The average molecular weight is 303 g/mol. The van der Waals surface area contributed by atoms with Crippen LogP contribution in [0.5, 0.6) is 0 Å². The molecule has 1 aromatic carbocycles. The smallest absolute Gasteiger partial charge is 0.0522 e. The molecule has 21 heavy (non-hydrogen) atoms. The lowest BCUT2D eigenvalue weighted by atomic mass is 9.89. The van der Waals surface area contributed by atoms with E-state index in [0.29, 0.717) is 0 Å². The van der Waals surface area contributed by atoms with Crippen LogP contribution in [0.4, 0.5) is 0 Å². The second kappa shape index (κ2) is 6.28. The first-order valence-corrected chi connectivity index (χ1v) is 8.15. The first-order valence-electron chi connectivity index (χ1n) is 7.33. The quantitative estimate of drug-likeness (QED) is 0.892. The van der Waals surface area contributed by atoms with E-state index < -0.39 is 0 Å². The van der Waals surface area contributed by atoms with Gasteiger partial charge in [0, 0.05) is 28.3 Å². The number of nitrogens with zero attached hydrogens (tertiary/aromatic N) is 1. The Morgan fingerprint density at radius 3 is 2.48 bits per heavy atom. The minimum atomic E-state index is -0.306. The van der Waals surface area contributed by atoms with E-state index in [2.05, 4.69) is 41.3 Å². The molecule has 0 bridgehead atoms. The predicted octanol–water partition coefficient (Wildman–Crippen LogP) is 2.59. The zero-order valence-corrected chi connectivity index (χ0v) is 12.9. The fourth-order valence-electron chi connectivity index (χ4n) is 2.91. The van der Waals surface area contributed by atoms with E-state index in [1.165, 1.54) is 15.3 Å². The van der Waals surface area contributed by atoms with Crippen LogP contribution in [-0.4, -0.2) is 41.4 Å². The van der Waals surface area contributed by atoms with Crippen molar-refractivity contribution in [3.8, 4) is 10.4 Å². The van der Waals surface area contributed by atoms with Crippen LogP contribution in [0.15, 0.2) is 42.5 Å². The number of hydrogen-bond donors (Lipinski definition) is 2. The van der Waals surface area contributed by atoms with Crippen molar-refractivity contribution in [2.45, 2.75) is 13.0 Å². The molecule has 1 aliphatic heterocycles. The summed E-state index contributed by atoms with van der Waals surface area (Å²) in [6.07, 6.45) is 0.872. The van der Waals surface area contributed by atoms with Gasteiger partial charge < -0.3 is 10.2 Å². The minimum absolute atomic E-state index is 0.0692. The molecule has 1 fully saturated rings. The molecule has 112 valence electrons. The molecule has 3 rings (SSSR count). The number of thiophene rings is 1. The highest BCUT2D eigenvalue weighted by atomic mass is 32.1. The van der Waals surface area contributed by atoms with Crippen LogP contribution in [-0.2, 0) is 6.54 Å². The molecule has 1 aromatic heterocycles. The Labute approximate surface area is 129 Å². The van der Waals surface area contributed by atoms with Gasteiger partial charge in [-0.15, -0.1) is 11.3 Å². The van der Waals surface area contributed by atoms with Crippen LogP contribution < -0.4 is 0 Å². The van der Waals surface area contributed by atoms with E-state index in [-0.39, 0.29) is 18.6 Å². The van der Waals surface area contributed by atoms with Crippen LogP contribution in [0.25, 0.3) is 10.4 Å². The maximum absolute atomic E-state index is 9.47. The summed E-state index contributed by atoms with van der Waals surface area (Å²) in [5.41, 5.74) is 0.953. The summed E-state index contributed by atoms with van der Waals surface area (Å²) in [5.74, 6) is 0. The highest BCUT2D eigenvalue weighted by molar-refractivity contribution is 7.15. The largest absolute Gasteiger partial charge is 0.396 e. The van der Waals surface area contributed by atoms with Crippen molar-refractivity contribution in [2.24, 2.45) is 5.41 Å². The Bertz CT molecular complexity index is 577. The average Bonchev–Trinajstić information content (AvgIpc) is 3.16. The number of rotatable bonds is 5. The number of aliphatic hydroxyl groups is 2. The minimum Gasteiger partial charge on any atom is -0.396 e. The molecule has 2 aromatic rings. The summed E-state index contributed by atoms with van der Waals surface area (Å²) in [4.78, 5) is 4.95. The fraction of sp³-hybridized carbons (Fsp3) is 0.412. The van der Waals surface area contributed by atoms with Crippen molar-refractivity contribution in [3.05, 3.63) is 47.3 Å². The predicted molar refractivity (Wildman–Crippen MR) is 86.3 cm³/mol. The Balaban J connectivity index is 1.66. The molecule has 2 heterocycles. The summed E-state index contributed by atoms with van der Waals surface area (Å²) >= 11 is 1.82. The molecule has 0 unspecified atom stereocenters. The third-order valence-electron chi connectivity index (χ3n) is 4.29. The van der Waals surface area contributed by atoms with E-state index in [4.69, 9.17) is 0 Å². The van der Waals surface area contributed by atoms with Gasteiger partial charge in [0.15, 0.2) is 0 Å². The summed E-state index contributed by atoms with van der Waals surface area (Å²) < 4.78 is 0. The van der Waals surface area contributed by atoms with Gasteiger partial charge in [-0.1, -0.05) is 30.3 Å². The summed E-state index contributed by atoms with van der Waals surface area (Å²) in [6.45, 7) is 2.76. The number of benzene rings is 1. The Morgan fingerprint density at radius 1 is 1.05 bits per heavy atom. The van der Waals surface area contributed by atoms with Gasteiger partial charge in [0.2, 0.25) is 0 Å². The van der Waals surface area contributed by atoms with Crippen molar-refractivity contribution < 1.29 is 10.2 Å². The Hall–Kier alpha value is -1.20. The van der Waals surface area contributed by atoms with Crippen molar-refractivity contribution in [3.63, 3.8) is 0 Å². The lowest BCUT2D eigenvalue weighted by molar-refractivity contribution is 0.0608. The lowest BCUT2D eigenvalue weighted by Crippen LogP contribution is -2.33. The van der Waals surface area contributed by atoms with Gasteiger partial charge in [-0.2, -0.15) is 0 Å². The van der Waals surface area contributed by atoms with Crippen LogP contribution in [0.3, 0.4) is 0 Å². The maximum Gasteiger partial charge on any atom is 0.0522 e. The maximum atomic E-state index is 9.47. The molecular formula is C17H21NO2S. The fourth-order valence-corrected chi connectivity index (χ4v) is 3.97. The molecule has 2 N–H and O–H groups in total. The van der Waals surface area contributed by atoms with Gasteiger partial charge >= 0.3 is 0 Å². The standard InChI is InChI=1S/C17H21NO2S/c19-12-17(13-20)8-9-18(11-17)10-15-6-7-16(21-15)14-4-2-1-3-5-14/h1-7,19-20H,8-13H2. The monoisotopic (exact) mass is 303 g/mol. The molecule has 3 nitrogen and oxygen atoms in total. The highest BCUT2D eigenvalue weighted by Crippen LogP contribution is 2.33. The zero-order chi connectivity index (χ0) is 14.7. The molecular weight excluding hydrogens is 282 g/mol. The summed E-state index contributed by atoms with van der Waals surface area (Å²) in [5, 5.41) is 18.9. The van der Waals surface area contributed by atoms with Crippen molar-refractivity contribution in [1.82, 2.24) is 4.90 Å². The molecule has 0 saturated carbocycles. The summed E-state index contributed by atoms with van der Waals surface area (Å²) in [6, 6.07) is 14.8. The topological polar surface area (TPSA) is 43.7 Å². The van der Waals surface area contributed by atoms with Gasteiger partial charge in [-0.25, -0.2) is 0 Å². The third-order valence-corrected chi connectivity index (χ3v) is 5.41. The van der Waals surface area contributed by atoms with Crippen LogP contribution >= 0.6 is 11.3 Å².